The number of hydrogen-bond acceptors (Lipinski definition) is 4. The van der Waals surface area contributed by atoms with Crippen molar-refractivity contribution in [3.63, 3.8) is 0 Å². The first-order chi connectivity index (χ1) is 11.0. The van der Waals surface area contributed by atoms with Gasteiger partial charge in [-0.2, -0.15) is 5.10 Å². The molecule has 0 aliphatic rings. The predicted molar refractivity (Wildman–Crippen MR) is 88.9 cm³/mol. The molecule has 0 amide bonds. The Labute approximate surface area is 145 Å². The van der Waals surface area contributed by atoms with E-state index in [0.717, 1.165) is 4.90 Å². The Hall–Kier alpha value is -2.02. The van der Waals surface area contributed by atoms with Gasteiger partial charge in [-0.1, -0.05) is 47.1 Å². The third-order valence-electron chi connectivity index (χ3n) is 2.90. The van der Waals surface area contributed by atoms with Crippen molar-refractivity contribution < 1.29 is 9.90 Å². The van der Waals surface area contributed by atoms with Gasteiger partial charge in [-0.3, -0.25) is 0 Å². The zero-order valence-corrected chi connectivity index (χ0v) is 13.8. The largest absolute Gasteiger partial charge is 0.476 e. The molecule has 0 unspecified atom stereocenters. The second-order valence-corrected chi connectivity index (χ2v) is 6.34. The molecule has 0 radical (unpaired) electrons. The van der Waals surface area contributed by atoms with Gasteiger partial charge in [0.1, 0.15) is 10.2 Å². The summed E-state index contributed by atoms with van der Waals surface area (Å²) in [4.78, 5) is 16.0. The van der Waals surface area contributed by atoms with Crippen LogP contribution >= 0.6 is 35.0 Å². The molecular weight excluding hydrogens is 357 g/mol. The van der Waals surface area contributed by atoms with Crippen molar-refractivity contribution in [2.24, 2.45) is 0 Å². The summed E-state index contributed by atoms with van der Waals surface area (Å²) in [5.74, 6) is -1.10. The molecule has 1 aromatic carbocycles. The maximum atomic E-state index is 11.2. The fourth-order valence-corrected chi connectivity index (χ4v) is 3.09. The van der Waals surface area contributed by atoms with Gasteiger partial charge in [-0.15, -0.1) is 0 Å². The normalized spacial score (nSPS) is 10.7. The highest BCUT2D eigenvalue weighted by atomic mass is 35.5. The van der Waals surface area contributed by atoms with Crippen LogP contribution in [0, 0.1) is 0 Å². The van der Waals surface area contributed by atoms with E-state index < -0.39 is 5.97 Å². The Balaban J connectivity index is 2.06. The Kier molecular flexibility index (Phi) is 4.56. The van der Waals surface area contributed by atoms with Crippen LogP contribution in [-0.4, -0.2) is 25.8 Å². The van der Waals surface area contributed by atoms with Gasteiger partial charge in [0.25, 0.3) is 0 Å². The fraction of sp³-hybridized carbons (Fsp3) is 0. The number of aromatic carboxylic acids is 1. The van der Waals surface area contributed by atoms with Crippen LogP contribution in [0.15, 0.2) is 58.6 Å². The Morgan fingerprint density at radius 2 is 1.96 bits per heavy atom. The van der Waals surface area contributed by atoms with E-state index in [1.807, 2.05) is 6.07 Å². The van der Waals surface area contributed by atoms with Gasteiger partial charge in [0.2, 0.25) is 0 Å². The first-order valence-corrected chi connectivity index (χ1v) is 7.99. The molecule has 8 heteroatoms. The average molecular weight is 366 g/mol. The molecule has 0 saturated heterocycles. The van der Waals surface area contributed by atoms with Crippen molar-refractivity contribution in [2.75, 3.05) is 0 Å². The molecule has 0 atom stereocenters. The van der Waals surface area contributed by atoms with Gasteiger partial charge < -0.3 is 5.11 Å². The number of pyridine rings is 1. The van der Waals surface area contributed by atoms with Crippen LogP contribution in [0.1, 0.15) is 10.5 Å². The van der Waals surface area contributed by atoms with Crippen molar-refractivity contribution >= 4 is 40.9 Å². The molecular formula is C15H9Cl2N3O2S. The molecule has 3 rings (SSSR count). The van der Waals surface area contributed by atoms with E-state index in [2.05, 4.69) is 10.1 Å². The number of rotatable bonds is 4. The topological polar surface area (TPSA) is 68.0 Å². The average Bonchev–Trinajstić information content (AvgIpc) is 2.94. The number of carboxylic acids is 1. The zero-order chi connectivity index (χ0) is 16.4. The maximum Gasteiger partial charge on any atom is 0.356 e. The first-order valence-electron chi connectivity index (χ1n) is 6.42. The summed E-state index contributed by atoms with van der Waals surface area (Å²) < 4.78 is 1.51. The Morgan fingerprint density at radius 3 is 2.61 bits per heavy atom. The maximum absolute atomic E-state index is 11.2. The van der Waals surface area contributed by atoms with E-state index >= 15 is 0 Å². The number of carboxylic acid groups (broad SMARTS) is 1. The fourth-order valence-electron chi connectivity index (χ4n) is 1.88. The molecule has 0 saturated carbocycles. The van der Waals surface area contributed by atoms with E-state index in [1.165, 1.54) is 22.5 Å². The molecule has 3 aromatic rings. The summed E-state index contributed by atoms with van der Waals surface area (Å²) in [5.41, 5.74) is 0.542. The Bertz CT molecular complexity index is 865. The van der Waals surface area contributed by atoms with Gasteiger partial charge in [0.05, 0.1) is 10.7 Å². The number of halogens is 2. The second kappa shape index (κ2) is 6.62. The predicted octanol–water partition coefficient (Wildman–Crippen LogP) is 4.42. The molecule has 116 valence electrons. The zero-order valence-electron chi connectivity index (χ0n) is 11.5. The standard InChI is InChI=1S/C15H9Cl2N3O2S/c16-10-3-1-2-4-12(10)20-14(7-11(19-20)15(21)22)23-9-5-6-13(17)18-8-9/h1-8H,(H,21,22). The van der Waals surface area contributed by atoms with Crippen LogP contribution in [0.25, 0.3) is 5.69 Å². The van der Waals surface area contributed by atoms with Crippen LogP contribution in [0.2, 0.25) is 10.2 Å². The minimum atomic E-state index is -1.10. The minimum absolute atomic E-state index is 0.0608. The molecule has 23 heavy (non-hydrogen) atoms. The molecule has 0 aliphatic heterocycles. The van der Waals surface area contributed by atoms with Crippen LogP contribution in [0.4, 0.5) is 0 Å². The quantitative estimate of drug-likeness (QED) is 0.692. The number of hydrogen-bond donors (Lipinski definition) is 1. The van der Waals surface area contributed by atoms with E-state index in [0.29, 0.717) is 20.9 Å². The number of nitrogens with zero attached hydrogens (tertiary/aromatic N) is 3. The lowest BCUT2D eigenvalue weighted by molar-refractivity contribution is 0.0690. The monoisotopic (exact) mass is 365 g/mol. The van der Waals surface area contributed by atoms with Crippen LogP contribution < -0.4 is 0 Å². The summed E-state index contributed by atoms with van der Waals surface area (Å²) in [6.45, 7) is 0. The van der Waals surface area contributed by atoms with Crippen molar-refractivity contribution in [3.05, 3.63) is 64.5 Å². The summed E-state index contributed by atoms with van der Waals surface area (Å²) in [6, 6.07) is 12.0. The SMILES string of the molecule is O=C(O)c1cc(Sc2ccc(Cl)nc2)n(-c2ccccc2Cl)n1. The van der Waals surface area contributed by atoms with Crippen LogP contribution in [0.3, 0.4) is 0 Å². The number of aromatic nitrogens is 3. The van der Waals surface area contributed by atoms with E-state index in [4.69, 9.17) is 23.2 Å². The lowest BCUT2D eigenvalue weighted by Gasteiger charge is -2.08. The summed E-state index contributed by atoms with van der Waals surface area (Å²) >= 11 is 13.3. The van der Waals surface area contributed by atoms with Gasteiger partial charge >= 0.3 is 5.97 Å². The van der Waals surface area contributed by atoms with Gasteiger partial charge in [0, 0.05) is 17.2 Å². The molecule has 0 aliphatic carbocycles. The Morgan fingerprint density at radius 1 is 1.17 bits per heavy atom. The smallest absolute Gasteiger partial charge is 0.356 e. The highest BCUT2D eigenvalue weighted by Gasteiger charge is 2.17. The van der Waals surface area contributed by atoms with E-state index in [-0.39, 0.29) is 5.69 Å². The number of benzene rings is 1. The third kappa shape index (κ3) is 3.50. The molecule has 2 heterocycles. The third-order valence-corrected chi connectivity index (χ3v) is 4.42. The number of carbonyl (C=O) groups is 1. The molecule has 0 bridgehead atoms. The van der Waals surface area contributed by atoms with Crippen molar-refractivity contribution in [1.82, 2.24) is 14.8 Å². The minimum Gasteiger partial charge on any atom is -0.476 e. The van der Waals surface area contributed by atoms with E-state index in [9.17, 15) is 9.90 Å². The highest BCUT2D eigenvalue weighted by Crippen LogP contribution is 2.32. The van der Waals surface area contributed by atoms with E-state index in [1.54, 1.807) is 36.5 Å². The molecule has 0 spiro atoms. The van der Waals surface area contributed by atoms with Gasteiger partial charge in [-0.25, -0.2) is 14.5 Å². The molecule has 2 aromatic heterocycles. The van der Waals surface area contributed by atoms with Gasteiger partial charge in [-0.05, 0) is 24.3 Å². The summed E-state index contributed by atoms with van der Waals surface area (Å²) in [5, 5.41) is 14.8. The summed E-state index contributed by atoms with van der Waals surface area (Å²) in [6.07, 6.45) is 1.61. The molecule has 1 N–H and O–H groups in total. The lowest BCUT2D eigenvalue weighted by atomic mass is 10.3. The molecule has 0 fully saturated rings. The van der Waals surface area contributed by atoms with Crippen molar-refractivity contribution in [1.29, 1.82) is 0 Å². The second-order valence-electron chi connectivity index (χ2n) is 4.45. The summed E-state index contributed by atoms with van der Waals surface area (Å²) in [7, 11) is 0. The van der Waals surface area contributed by atoms with Crippen LogP contribution in [0.5, 0.6) is 0 Å². The van der Waals surface area contributed by atoms with Crippen molar-refractivity contribution in [3.8, 4) is 5.69 Å². The van der Waals surface area contributed by atoms with Crippen LogP contribution in [-0.2, 0) is 0 Å². The highest BCUT2D eigenvalue weighted by molar-refractivity contribution is 7.99. The van der Waals surface area contributed by atoms with Crippen molar-refractivity contribution in [2.45, 2.75) is 9.92 Å². The van der Waals surface area contributed by atoms with Gasteiger partial charge in [0.15, 0.2) is 5.69 Å². The number of para-hydroxylation sites is 1. The molecule has 5 nitrogen and oxygen atoms in total. The first kappa shape index (κ1) is 15.9. The lowest BCUT2D eigenvalue weighted by Crippen LogP contribution is -2.02.